The molecule has 0 aliphatic heterocycles. The Morgan fingerprint density at radius 1 is 0.523 bits per heavy atom. The van der Waals surface area contributed by atoms with E-state index in [1.165, 1.54) is 121 Å². The molecule has 0 spiro atoms. The Hall–Kier alpha value is 0.808. The summed E-state index contributed by atoms with van der Waals surface area (Å²) in [4.78, 5) is 20.7. The van der Waals surface area contributed by atoms with Crippen molar-refractivity contribution in [3.63, 3.8) is 0 Å². The summed E-state index contributed by atoms with van der Waals surface area (Å²) in [7, 11) is 2.03. The molecule has 44 heavy (non-hydrogen) atoms. The number of hydrogen-bond donors (Lipinski definition) is 2. The molecule has 2 radical (unpaired) electrons. The number of aliphatic carboxylic acids is 2. The monoisotopic (exact) mass is 784 g/mol. The summed E-state index contributed by atoms with van der Waals surface area (Å²) in [5.41, 5.74) is 0. The van der Waals surface area contributed by atoms with Gasteiger partial charge in [-0.1, -0.05) is 112 Å². The fourth-order valence-corrected chi connectivity index (χ4v) is 6.53. The summed E-state index contributed by atoms with van der Waals surface area (Å²) in [6, 6.07) is 0. The first-order valence-corrected chi connectivity index (χ1v) is 23.1. The second-order valence-corrected chi connectivity index (χ2v) is 17.3. The van der Waals surface area contributed by atoms with Crippen LogP contribution in [-0.2, 0) is 9.59 Å². The standard InChI is InChI=1S/2C12H24O2S.C12H26S.Sb/c2*1-10(2)8-6-4-3-5-7-9-11(15)12(13)14;1-2-3-4-5-6-7-8-9-10-11-12-13;/h2*10-11,15H,3-9H2,1-2H3,(H,13,14);13H,2-12H2,1H3;/q;;;+3/p-3. The van der Waals surface area contributed by atoms with E-state index in [-0.39, 0.29) is 0 Å². The van der Waals surface area contributed by atoms with E-state index in [1.807, 2.05) is 30.5 Å². The van der Waals surface area contributed by atoms with Gasteiger partial charge in [-0.3, -0.25) is 0 Å². The maximum atomic E-state index is 10.4. The molecule has 0 amide bonds. The summed E-state index contributed by atoms with van der Waals surface area (Å²) in [6.45, 7) is 11.3. The van der Waals surface area contributed by atoms with Crippen LogP contribution in [0.2, 0.25) is 0 Å². The van der Waals surface area contributed by atoms with Crippen LogP contribution in [0.3, 0.4) is 0 Å². The van der Waals surface area contributed by atoms with Crippen LogP contribution in [0.1, 0.15) is 189 Å². The molecule has 0 saturated heterocycles. The minimum atomic E-state index is -1.04. The van der Waals surface area contributed by atoms with Crippen LogP contribution in [0, 0.1) is 11.8 Å². The Morgan fingerprint density at radius 2 is 0.795 bits per heavy atom. The molecule has 2 unspecified atom stereocenters. The molecule has 0 bridgehead atoms. The molecular formula is C36H71O4S3Sb. The number of carbonyl (C=O) groups excluding carboxylic acids is 2. The summed E-state index contributed by atoms with van der Waals surface area (Å²) in [5.74, 6) is 0.886. The van der Waals surface area contributed by atoms with Crippen LogP contribution in [0.15, 0.2) is 0 Å². The topological polar surface area (TPSA) is 80.3 Å². The van der Waals surface area contributed by atoms with Gasteiger partial charge >= 0.3 is 100 Å². The van der Waals surface area contributed by atoms with Gasteiger partial charge in [0.2, 0.25) is 0 Å². The van der Waals surface area contributed by atoms with Crippen molar-refractivity contribution in [2.24, 2.45) is 11.8 Å². The Labute approximate surface area is 302 Å². The van der Waals surface area contributed by atoms with Gasteiger partial charge in [-0.25, -0.2) is 0 Å². The van der Waals surface area contributed by atoms with Crippen LogP contribution in [0.4, 0.5) is 0 Å². The van der Waals surface area contributed by atoms with Crippen LogP contribution in [0.5, 0.6) is 0 Å². The molecule has 0 aliphatic carbocycles. The van der Waals surface area contributed by atoms with Crippen molar-refractivity contribution < 1.29 is 19.8 Å². The van der Waals surface area contributed by atoms with Crippen molar-refractivity contribution in [1.29, 1.82) is 0 Å². The van der Waals surface area contributed by atoms with Gasteiger partial charge in [0.1, 0.15) is 0 Å². The van der Waals surface area contributed by atoms with E-state index >= 15 is 0 Å². The molecule has 0 aromatic carbocycles. The second kappa shape index (κ2) is 40.0. The Bertz CT molecular complexity index is 544. The zero-order chi connectivity index (χ0) is 33.8. The second-order valence-electron chi connectivity index (χ2n) is 13.2. The molecule has 262 valence electrons. The number of rotatable bonds is 29. The number of thiol groups is 2. The third-order valence-corrected chi connectivity index (χ3v) is 10.6. The SMILES string of the molecule is CC(C)CCCCCCCC(S)C(=O)[O-].CC(C)CCCCCCCC(S)C(=O)[O-].CCCCCCCCCCCC[S][Sb+2]. The number of hydrogen-bond acceptors (Lipinski definition) is 7. The molecule has 8 heteroatoms. The van der Waals surface area contributed by atoms with Crippen molar-refractivity contribution in [3.8, 4) is 0 Å². The van der Waals surface area contributed by atoms with Gasteiger partial charge in [0.05, 0.1) is 11.9 Å². The van der Waals surface area contributed by atoms with Gasteiger partial charge in [-0.15, -0.1) is 0 Å². The molecule has 0 fully saturated rings. The summed E-state index contributed by atoms with van der Waals surface area (Å²) < 4.78 is 0. The van der Waals surface area contributed by atoms with E-state index in [0.29, 0.717) is 12.8 Å². The number of unbranched alkanes of at least 4 members (excludes halogenated alkanes) is 17. The molecule has 0 aromatic rings. The van der Waals surface area contributed by atoms with Crippen molar-refractivity contribution in [2.45, 2.75) is 199 Å². The summed E-state index contributed by atoms with van der Waals surface area (Å²) in [5, 5.41) is 19.5. The minimum absolute atomic E-state index is 0.583. The van der Waals surface area contributed by atoms with Gasteiger partial charge in [0.15, 0.2) is 0 Å². The van der Waals surface area contributed by atoms with E-state index in [0.717, 1.165) is 37.5 Å². The maximum absolute atomic E-state index is 10.4. The van der Waals surface area contributed by atoms with Gasteiger partial charge in [-0.2, -0.15) is 25.3 Å². The van der Waals surface area contributed by atoms with Gasteiger partial charge < -0.3 is 19.8 Å². The van der Waals surface area contributed by atoms with Crippen molar-refractivity contribution in [2.75, 3.05) is 5.75 Å². The first-order chi connectivity index (χ1) is 21.0. The average molecular weight is 786 g/mol. The number of carboxylic acid groups (broad SMARTS) is 2. The van der Waals surface area contributed by atoms with E-state index < -0.39 is 22.4 Å². The number of carbonyl (C=O) groups is 2. The predicted octanol–water partition coefficient (Wildman–Crippen LogP) is 9.57. The molecule has 0 rings (SSSR count). The average Bonchev–Trinajstić information content (AvgIpc) is 2.97. The van der Waals surface area contributed by atoms with E-state index in [1.54, 1.807) is 0 Å². The Balaban J connectivity index is -0.000000574. The van der Waals surface area contributed by atoms with Crippen molar-refractivity contribution in [3.05, 3.63) is 0 Å². The molecule has 0 saturated carbocycles. The third-order valence-electron chi connectivity index (χ3n) is 7.65. The van der Waals surface area contributed by atoms with Crippen LogP contribution >= 0.6 is 34.1 Å². The summed E-state index contributed by atoms with van der Waals surface area (Å²) >= 11 is 9.75. The quantitative estimate of drug-likeness (QED) is 0.0449. The molecule has 4 nitrogen and oxygen atoms in total. The fraction of sp³-hybridized carbons (Fsp3) is 0.944. The molecule has 2 atom stereocenters. The predicted molar refractivity (Wildman–Crippen MR) is 200 cm³/mol. The van der Waals surface area contributed by atoms with Crippen molar-refractivity contribution >= 4 is 67.7 Å². The number of carboxylic acids is 2. The van der Waals surface area contributed by atoms with Gasteiger partial charge in [0.25, 0.3) is 0 Å². The van der Waals surface area contributed by atoms with Crippen LogP contribution in [0.25, 0.3) is 0 Å². The zero-order valence-electron chi connectivity index (χ0n) is 29.4. The Kier molecular flexibility index (Phi) is 44.7. The van der Waals surface area contributed by atoms with E-state index in [2.05, 4.69) is 59.9 Å². The van der Waals surface area contributed by atoms with E-state index in [9.17, 15) is 19.8 Å². The normalized spacial score (nSPS) is 12.3. The molecule has 0 aromatic heterocycles. The molecule has 0 heterocycles. The summed E-state index contributed by atoms with van der Waals surface area (Å²) in [6.07, 6.45) is 30.1. The molecular weight excluding hydrogens is 714 g/mol. The molecule has 0 aliphatic rings. The van der Waals surface area contributed by atoms with Crippen molar-refractivity contribution in [1.82, 2.24) is 0 Å². The first-order valence-electron chi connectivity index (χ1n) is 18.0. The molecule has 0 N–H and O–H groups in total. The van der Waals surface area contributed by atoms with Crippen LogP contribution < -0.4 is 10.2 Å². The van der Waals surface area contributed by atoms with Gasteiger partial charge in [0, 0.05) is 10.5 Å². The zero-order valence-corrected chi connectivity index (χ0v) is 34.5. The Morgan fingerprint density at radius 3 is 1.07 bits per heavy atom. The van der Waals surface area contributed by atoms with Crippen LogP contribution in [-0.4, -0.2) is 49.8 Å². The third kappa shape index (κ3) is 47.2. The fourth-order valence-electron chi connectivity index (χ4n) is 4.73. The van der Waals surface area contributed by atoms with Gasteiger partial charge in [-0.05, 0) is 24.7 Å². The van der Waals surface area contributed by atoms with E-state index in [4.69, 9.17) is 0 Å². The first kappa shape index (κ1) is 49.2.